The smallest absolute Gasteiger partial charge is 0.355 e. The van der Waals surface area contributed by atoms with E-state index in [0.29, 0.717) is 27.0 Å². The quantitative estimate of drug-likeness (QED) is 0.133. The van der Waals surface area contributed by atoms with Gasteiger partial charge in [-0.15, -0.1) is 11.3 Å². The molecular formula is C24H16BrClN2O4S. The molecule has 1 heterocycles. The van der Waals surface area contributed by atoms with Crippen molar-refractivity contribution in [2.75, 3.05) is 6.61 Å². The lowest BCUT2D eigenvalue weighted by Crippen LogP contribution is -2.24. The molecule has 0 aliphatic carbocycles. The number of nitrogens with zero attached hydrogens (tertiary/aromatic N) is 1. The average Bonchev–Trinajstić information content (AvgIpc) is 3.16. The summed E-state index contributed by atoms with van der Waals surface area (Å²) in [6, 6.07) is 21.6. The first kappa shape index (κ1) is 23.0. The van der Waals surface area contributed by atoms with Gasteiger partial charge in [-0.2, -0.15) is 5.10 Å². The summed E-state index contributed by atoms with van der Waals surface area (Å²) >= 11 is 11.0. The molecule has 0 atom stereocenters. The zero-order valence-corrected chi connectivity index (χ0v) is 20.1. The Labute approximate surface area is 206 Å². The fourth-order valence-electron chi connectivity index (χ4n) is 2.88. The molecule has 0 aliphatic rings. The summed E-state index contributed by atoms with van der Waals surface area (Å²) < 4.78 is 12.7. The van der Waals surface area contributed by atoms with Crippen LogP contribution in [0.25, 0.3) is 10.1 Å². The van der Waals surface area contributed by atoms with Gasteiger partial charge in [0.1, 0.15) is 16.4 Å². The van der Waals surface area contributed by atoms with Gasteiger partial charge in [-0.1, -0.05) is 54.1 Å². The van der Waals surface area contributed by atoms with Gasteiger partial charge in [-0.25, -0.2) is 10.2 Å². The average molecular weight is 544 g/mol. The third-order valence-electron chi connectivity index (χ3n) is 4.43. The van der Waals surface area contributed by atoms with Crippen LogP contribution >= 0.6 is 38.9 Å². The highest BCUT2D eigenvalue weighted by atomic mass is 79.9. The minimum absolute atomic E-state index is 0.207. The maximum atomic E-state index is 12.8. The van der Waals surface area contributed by atoms with Crippen LogP contribution < -0.4 is 14.9 Å². The predicted molar refractivity (Wildman–Crippen MR) is 134 cm³/mol. The molecule has 3 aromatic carbocycles. The summed E-state index contributed by atoms with van der Waals surface area (Å²) in [7, 11) is 0. The Morgan fingerprint density at radius 1 is 1.00 bits per heavy atom. The number of hydrogen-bond acceptors (Lipinski definition) is 6. The van der Waals surface area contributed by atoms with Crippen molar-refractivity contribution in [2.24, 2.45) is 5.10 Å². The predicted octanol–water partition coefficient (Wildman–Crippen LogP) is 6.07. The van der Waals surface area contributed by atoms with Crippen molar-refractivity contribution in [3.05, 3.63) is 92.7 Å². The maximum absolute atomic E-state index is 12.8. The molecule has 33 heavy (non-hydrogen) atoms. The summed E-state index contributed by atoms with van der Waals surface area (Å²) in [5.74, 6) is -0.159. The molecule has 4 aromatic rings. The van der Waals surface area contributed by atoms with Gasteiger partial charge in [0.25, 0.3) is 5.91 Å². The summed E-state index contributed by atoms with van der Waals surface area (Å²) in [5.41, 5.74) is 2.90. The van der Waals surface area contributed by atoms with Crippen molar-refractivity contribution in [1.29, 1.82) is 0 Å². The molecule has 9 heteroatoms. The molecule has 0 saturated carbocycles. The number of carbonyl (C=O) groups excluding carboxylic acids is 2. The maximum Gasteiger partial charge on any atom is 0.355 e. The normalized spacial score (nSPS) is 11.0. The molecule has 0 aliphatic heterocycles. The van der Waals surface area contributed by atoms with E-state index in [1.807, 2.05) is 36.4 Å². The highest BCUT2D eigenvalue weighted by Gasteiger charge is 2.19. The monoisotopic (exact) mass is 542 g/mol. The van der Waals surface area contributed by atoms with Crippen molar-refractivity contribution in [3.8, 4) is 11.5 Å². The van der Waals surface area contributed by atoms with Crippen molar-refractivity contribution in [2.45, 2.75) is 0 Å². The van der Waals surface area contributed by atoms with Gasteiger partial charge in [-0.3, -0.25) is 4.79 Å². The Morgan fingerprint density at radius 2 is 1.70 bits per heavy atom. The fraction of sp³-hybridized carbons (Fsp3) is 0.0417. The zero-order valence-electron chi connectivity index (χ0n) is 17.0. The SMILES string of the molecule is O=C(COc1ccccc1Br)N/N=C/c1ccccc1OC(=O)c1sc2ccccc2c1Cl. The molecule has 0 saturated heterocycles. The van der Waals surface area contributed by atoms with Crippen molar-refractivity contribution < 1.29 is 19.1 Å². The number of carbonyl (C=O) groups is 2. The molecular weight excluding hydrogens is 528 g/mol. The second-order valence-electron chi connectivity index (χ2n) is 6.68. The Bertz CT molecular complexity index is 1360. The second-order valence-corrected chi connectivity index (χ2v) is 8.97. The minimum Gasteiger partial charge on any atom is -0.483 e. The van der Waals surface area contributed by atoms with Crippen LogP contribution in [-0.4, -0.2) is 24.7 Å². The van der Waals surface area contributed by atoms with Crippen LogP contribution in [0.4, 0.5) is 0 Å². The summed E-state index contributed by atoms with van der Waals surface area (Å²) in [6.45, 7) is -0.207. The third kappa shape index (κ3) is 5.60. The molecule has 0 radical (unpaired) electrons. The first-order valence-electron chi connectivity index (χ1n) is 9.70. The molecule has 0 bridgehead atoms. The van der Waals surface area contributed by atoms with E-state index in [2.05, 4.69) is 26.5 Å². The van der Waals surface area contributed by atoms with Crippen LogP contribution in [0.5, 0.6) is 11.5 Å². The number of ether oxygens (including phenoxy) is 2. The molecule has 0 spiro atoms. The van der Waals surface area contributed by atoms with Crippen LogP contribution in [0.15, 0.2) is 82.4 Å². The van der Waals surface area contributed by atoms with Gasteiger partial charge in [0.05, 0.1) is 15.7 Å². The van der Waals surface area contributed by atoms with E-state index < -0.39 is 11.9 Å². The van der Waals surface area contributed by atoms with Gasteiger partial charge in [0, 0.05) is 15.6 Å². The van der Waals surface area contributed by atoms with Crippen LogP contribution in [0.2, 0.25) is 5.02 Å². The van der Waals surface area contributed by atoms with Crippen LogP contribution in [0.3, 0.4) is 0 Å². The fourth-order valence-corrected chi connectivity index (χ4v) is 4.67. The van der Waals surface area contributed by atoms with E-state index in [1.165, 1.54) is 17.6 Å². The lowest BCUT2D eigenvalue weighted by atomic mass is 10.2. The summed E-state index contributed by atoms with van der Waals surface area (Å²) in [4.78, 5) is 25.1. The highest BCUT2D eigenvalue weighted by Crippen LogP contribution is 2.36. The topological polar surface area (TPSA) is 77.0 Å². The first-order valence-corrected chi connectivity index (χ1v) is 11.7. The molecule has 0 unspecified atom stereocenters. The van der Waals surface area contributed by atoms with Crippen molar-refractivity contribution in [1.82, 2.24) is 5.43 Å². The van der Waals surface area contributed by atoms with E-state index in [0.717, 1.165) is 14.6 Å². The van der Waals surface area contributed by atoms with Gasteiger partial charge in [-0.05, 0) is 46.3 Å². The molecule has 1 aromatic heterocycles. The standard InChI is InChI=1S/C24H16BrClN2O4S/c25-17-9-3-5-11-19(17)31-14-21(29)28-27-13-15-7-1-4-10-18(15)32-24(30)23-22(26)16-8-2-6-12-20(16)33-23/h1-13H,14H2,(H,28,29)/b27-13+. The number of para-hydroxylation sites is 2. The lowest BCUT2D eigenvalue weighted by molar-refractivity contribution is -0.123. The molecule has 6 nitrogen and oxygen atoms in total. The largest absolute Gasteiger partial charge is 0.483 e. The Balaban J connectivity index is 1.40. The van der Waals surface area contributed by atoms with Crippen molar-refractivity contribution in [3.63, 3.8) is 0 Å². The highest BCUT2D eigenvalue weighted by molar-refractivity contribution is 9.10. The molecule has 4 rings (SSSR count). The number of benzene rings is 3. The number of fused-ring (bicyclic) bond motifs is 1. The van der Waals surface area contributed by atoms with E-state index in [9.17, 15) is 9.59 Å². The van der Waals surface area contributed by atoms with Gasteiger partial charge < -0.3 is 9.47 Å². The van der Waals surface area contributed by atoms with E-state index in [1.54, 1.807) is 36.4 Å². The number of rotatable bonds is 7. The number of thiophene rings is 1. The Morgan fingerprint density at radius 3 is 2.48 bits per heavy atom. The number of nitrogens with one attached hydrogen (secondary N) is 1. The number of amides is 1. The first-order chi connectivity index (χ1) is 16.0. The number of hydrazone groups is 1. The third-order valence-corrected chi connectivity index (χ3v) is 6.74. The summed E-state index contributed by atoms with van der Waals surface area (Å²) in [5, 5.41) is 5.11. The van der Waals surface area contributed by atoms with Gasteiger partial charge in [0.15, 0.2) is 6.61 Å². The van der Waals surface area contributed by atoms with E-state index in [-0.39, 0.29) is 6.61 Å². The van der Waals surface area contributed by atoms with Gasteiger partial charge in [0.2, 0.25) is 0 Å². The van der Waals surface area contributed by atoms with Crippen LogP contribution in [0, 0.1) is 0 Å². The number of esters is 1. The van der Waals surface area contributed by atoms with Crippen LogP contribution in [-0.2, 0) is 4.79 Å². The van der Waals surface area contributed by atoms with Crippen molar-refractivity contribution >= 4 is 67.0 Å². The zero-order chi connectivity index (χ0) is 23.2. The molecule has 1 N–H and O–H groups in total. The number of halogens is 2. The van der Waals surface area contributed by atoms with Crippen LogP contribution in [0.1, 0.15) is 15.2 Å². The second kappa shape index (κ2) is 10.6. The minimum atomic E-state index is -0.562. The molecule has 1 amide bonds. The van der Waals surface area contributed by atoms with E-state index >= 15 is 0 Å². The lowest BCUT2D eigenvalue weighted by Gasteiger charge is -2.07. The molecule has 0 fully saturated rings. The van der Waals surface area contributed by atoms with E-state index in [4.69, 9.17) is 21.1 Å². The number of hydrogen-bond donors (Lipinski definition) is 1. The van der Waals surface area contributed by atoms with Gasteiger partial charge >= 0.3 is 5.97 Å². The summed E-state index contributed by atoms with van der Waals surface area (Å²) in [6.07, 6.45) is 1.39. The Hall–Kier alpha value is -3.20. The Kier molecular flexibility index (Phi) is 7.39. The molecule has 166 valence electrons.